The van der Waals surface area contributed by atoms with Gasteiger partial charge in [0, 0.05) is 31.6 Å². The smallest absolute Gasteiger partial charge is 0.271 e. The molecule has 0 atom stereocenters. The summed E-state index contributed by atoms with van der Waals surface area (Å²) in [7, 11) is 1.53. The number of nitrogens with zero attached hydrogens (tertiary/aromatic N) is 2. The van der Waals surface area contributed by atoms with Crippen molar-refractivity contribution in [2.45, 2.75) is 19.4 Å². The van der Waals surface area contributed by atoms with E-state index in [-0.39, 0.29) is 30.7 Å². The summed E-state index contributed by atoms with van der Waals surface area (Å²) in [5.74, 6) is -0.181. The first kappa shape index (κ1) is 17.6. The minimum Gasteiger partial charge on any atom is -0.489 e. The molecule has 2 aromatic carbocycles. The quantitative estimate of drug-likeness (QED) is 0.896. The molecule has 1 aliphatic heterocycles. The van der Waals surface area contributed by atoms with Crippen LogP contribution in [0.3, 0.4) is 0 Å². The summed E-state index contributed by atoms with van der Waals surface area (Å²) >= 11 is 0. The highest BCUT2D eigenvalue weighted by Gasteiger charge is 2.22. The molecule has 1 heterocycles. The molecule has 7 heteroatoms. The molecule has 0 aromatic heterocycles. The van der Waals surface area contributed by atoms with E-state index in [1.165, 1.54) is 24.2 Å². The van der Waals surface area contributed by atoms with Crippen molar-refractivity contribution < 1.29 is 18.7 Å². The predicted octanol–water partition coefficient (Wildman–Crippen LogP) is 2.95. The number of rotatable bonds is 5. The van der Waals surface area contributed by atoms with Gasteiger partial charge in [0.05, 0.1) is 0 Å². The van der Waals surface area contributed by atoms with Gasteiger partial charge in [0.1, 0.15) is 23.9 Å². The molecular formula is C19H18FN3O3. The molecule has 134 valence electrons. The highest BCUT2D eigenvalue weighted by atomic mass is 19.1. The van der Waals surface area contributed by atoms with Gasteiger partial charge in [0.15, 0.2) is 0 Å². The Kier molecular flexibility index (Phi) is 5.26. The van der Waals surface area contributed by atoms with Crippen LogP contribution in [0.5, 0.6) is 5.75 Å². The molecule has 0 aliphatic carbocycles. The number of hydrazone groups is 1. The van der Waals surface area contributed by atoms with Crippen LogP contribution < -0.4 is 10.1 Å². The van der Waals surface area contributed by atoms with Crippen LogP contribution in [0.4, 0.5) is 10.1 Å². The van der Waals surface area contributed by atoms with Gasteiger partial charge in [-0.3, -0.25) is 9.59 Å². The molecule has 0 spiro atoms. The van der Waals surface area contributed by atoms with Crippen LogP contribution in [0.25, 0.3) is 0 Å². The zero-order valence-corrected chi connectivity index (χ0v) is 14.2. The molecule has 6 nitrogen and oxygen atoms in total. The SMILES string of the molecule is CN1N=C(C(=O)Nc2cccc(OCc3ccc(F)cc3)c2)CCC1=O. The topological polar surface area (TPSA) is 71.0 Å². The number of amides is 2. The highest BCUT2D eigenvalue weighted by Crippen LogP contribution is 2.19. The summed E-state index contributed by atoms with van der Waals surface area (Å²) in [6, 6.07) is 13.0. The Morgan fingerprint density at radius 2 is 2.00 bits per heavy atom. The largest absolute Gasteiger partial charge is 0.489 e. The lowest BCUT2D eigenvalue weighted by Crippen LogP contribution is -2.34. The van der Waals surface area contributed by atoms with E-state index in [2.05, 4.69) is 10.4 Å². The van der Waals surface area contributed by atoms with Crippen molar-refractivity contribution in [3.63, 3.8) is 0 Å². The summed E-state index contributed by atoms with van der Waals surface area (Å²) in [6.07, 6.45) is 0.583. The third-order valence-electron chi connectivity index (χ3n) is 3.88. The van der Waals surface area contributed by atoms with Crippen LogP contribution in [-0.2, 0) is 16.2 Å². The monoisotopic (exact) mass is 355 g/mol. The Hall–Kier alpha value is -3.22. The van der Waals surface area contributed by atoms with Crippen LogP contribution in [-0.4, -0.2) is 29.6 Å². The lowest BCUT2D eigenvalue weighted by molar-refractivity contribution is -0.130. The maximum Gasteiger partial charge on any atom is 0.271 e. The summed E-state index contributed by atoms with van der Waals surface area (Å²) < 4.78 is 18.6. The van der Waals surface area contributed by atoms with Gasteiger partial charge < -0.3 is 10.1 Å². The van der Waals surface area contributed by atoms with Crippen molar-refractivity contribution in [2.24, 2.45) is 5.10 Å². The van der Waals surface area contributed by atoms with Crippen molar-refractivity contribution in [3.05, 3.63) is 59.9 Å². The number of carbonyl (C=O) groups is 2. The molecule has 0 bridgehead atoms. The predicted molar refractivity (Wildman–Crippen MR) is 95.2 cm³/mol. The number of anilines is 1. The second-order valence-electron chi connectivity index (χ2n) is 5.86. The number of benzene rings is 2. The van der Waals surface area contributed by atoms with Crippen molar-refractivity contribution in [1.82, 2.24) is 5.01 Å². The fourth-order valence-electron chi connectivity index (χ4n) is 2.45. The average Bonchev–Trinajstić information content (AvgIpc) is 2.64. The average molecular weight is 355 g/mol. The van der Waals surface area contributed by atoms with Crippen LogP contribution in [0, 0.1) is 5.82 Å². The molecule has 2 amide bonds. The molecule has 0 radical (unpaired) electrons. The van der Waals surface area contributed by atoms with Gasteiger partial charge in [0.2, 0.25) is 5.91 Å². The van der Waals surface area contributed by atoms with E-state index in [1.54, 1.807) is 36.4 Å². The van der Waals surface area contributed by atoms with E-state index < -0.39 is 0 Å². The standard InChI is InChI=1S/C19H18FN3O3/c1-23-18(24)10-9-17(22-23)19(25)21-15-3-2-4-16(11-15)26-12-13-5-7-14(20)8-6-13/h2-8,11H,9-10,12H2,1H3,(H,21,25). The normalized spacial score (nSPS) is 14.0. The molecule has 1 N–H and O–H groups in total. The van der Waals surface area contributed by atoms with Crippen LogP contribution in [0.1, 0.15) is 18.4 Å². The maximum absolute atomic E-state index is 12.9. The molecule has 0 saturated heterocycles. The molecule has 0 fully saturated rings. The number of hydrogen-bond acceptors (Lipinski definition) is 4. The Balaban J connectivity index is 1.62. The zero-order chi connectivity index (χ0) is 18.5. The Morgan fingerprint density at radius 1 is 1.23 bits per heavy atom. The molecule has 1 aliphatic rings. The van der Waals surface area contributed by atoms with Crippen LogP contribution in [0.2, 0.25) is 0 Å². The number of ether oxygens (including phenoxy) is 1. The number of halogens is 1. The minimum atomic E-state index is -0.347. The molecule has 2 aromatic rings. The van der Waals surface area contributed by atoms with Crippen molar-refractivity contribution in [3.8, 4) is 5.75 Å². The lowest BCUT2D eigenvalue weighted by Gasteiger charge is -2.19. The van der Waals surface area contributed by atoms with Crippen molar-refractivity contribution in [1.29, 1.82) is 0 Å². The van der Waals surface area contributed by atoms with Gasteiger partial charge in [-0.25, -0.2) is 9.40 Å². The van der Waals surface area contributed by atoms with Crippen molar-refractivity contribution >= 4 is 23.2 Å². The first-order valence-corrected chi connectivity index (χ1v) is 8.14. The fourth-order valence-corrected chi connectivity index (χ4v) is 2.45. The zero-order valence-electron chi connectivity index (χ0n) is 14.2. The van der Waals surface area contributed by atoms with Crippen molar-refractivity contribution in [2.75, 3.05) is 12.4 Å². The fraction of sp³-hybridized carbons (Fsp3) is 0.211. The van der Waals surface area contributed by atoms with Crippen LogP contribution in [0.15, 0.2) is 53.6 Å². The Morgan fingerprint density at radius 3 is 2.73 bits per heavy atom. The summed E-state index contributed by atoms with van der Waals surface area (Å²) in [4.78, 5) is 23.7. The van der Waals surface area contributed by atoms with E-state index in [9.17, 15) is 14.0 Å². The highest BCUT2D eigenvalue weighted by molar-refractivity contribution is 6.43. The van der Waals surface area contributed by atoms with E-state index in [0.717, 1.165) is 5.56 Å². The van der Waals surface area contributed by atoms with Crippen LogP contribution >= 0.6 is 0 Å². The van der Waals surface area contributed by atoms with Gasteiger partial charge in [-0.05, 0) is 29.8 Å². The third kappa shape index (κ3) is 4.44. The molecule has 26 heavy (non-hydrogen) atoms. The molecule has 3 rings (SSSR count). The first-order valence-electron chi connectivity index (χ1n) is 8.14. The van der Waals surface area contributed by atoms with E-state index in [4.69, 9.17) is 4.74 Å². The van der Waals surface area contributed by atoms with Gasteiger partial charge in [-0.1, -0.05) is 18.2 Å². The summed E-state index contributed by atoms with van der Waals surface area (Å²) in [5, 5.41) is 7.93. The summed E-state index contributed by atoms with van der Waals surface area (Å²) in [6.45, 7) is 0.289. The van der Waals surface area contributed by atoms with Gasteiger partial charge in [0.25, 0.3) is 5.91 Å². The number of carbonyl (C=O) groups excluding carboxylic acids is 2. The Bertz CT molecular complexity index is 849. The maximum atomic E-state index is 12.9. The number of nitrogens with one attached hydrogen (secondary N) is 1. The molecule has 0 unspecified atom stereocenters. The second kappa shape index (κ2) is 7.77. The lowest BCUT2D eigenvalue weighted by atomic mass is 10.1. The third-order valence-corrected chi connectivity index (χ3v) is 3.88. The van der Waals surface area contributed by atoms with E-state index >= 15 is 0 Å². The Labute approximate surface area is 150 Å². The van der Waals surface area contributed by atoms with E-state index in [1.807, 2.05) is 0 Å². The van der Waals surface area contributed by atoms with Gasteiger partial charge in [-0.2, -0.15) is 5.10 Å². The molecular weight excluding hydrogens is 337 g/mol. The minimum absolute atomic E-state index is 0.113. The molecule has 0 saturated carbocycles. The second-order valence-corrected chi connectivity index (χ2v) is 5.86. The first-order chi connectivity index (χ1) is 12.5. The van der Waals surface area contributed by atoms with Gasteiger partial charge in [-0.15, -0.1) is 0 Å². The summed E-state index contributed by atoms with van der Waals surface area (Å²) in [5.41, 5.74) is 1.71. The number of hydrogen-bond donors (Lipinski definition) is 1. The van der Waals surface area contributed by atoms with Gasteiger partial charge >= 0.3 is 0 Å². The van der Waals surface area contributed by atoms with E-state index in [0.29, 0.717) is 23.6 Å².